The van der Waals surface area contributed by atoms with Gasteiger partial charge in [0.15, 0.2) is 11.6 Å². The van der Waals surface area contributed by atoms with Gasteiger partial charge in [-0.1, -0.05) is 30.3 Å². The summed E-state index contributed by atoms with van der Waals surface area (Å²) in [4.78, 5) is 21.0. The van der Waals surface area contributed by atoms with Crippen molar-refractivity contribution in [3.8, 4) is 0 Å². The first-order chi connectivity index (χ1) is 12.5. The van der Waals surface area contributed by atoms with E-state index < -0.39 is 17.7 Å². The predicted molar refractivity (Wildman–Crippen MR) is 96.1 cm³/mol. The summed E-state index contributed by atoms with van der Waals surface area (Å²) < 4.78 is 14.3. The van der Waals surface area contributed by atoms with E-state index in [1.807, 2.05) is 37.3 Å². The Morgan fingerprint density at radius 3 is 2.81 bits per heavy atom. The smallest absolute Gasteiger partial charge is 0.308 e. The molecule has 4 N–H and O–H groups in total. The van der Waals surface area contributed by atoms with Crippen LogP contribution in [0.25, 0.3) is 0 Å². The van der Waals surface area contributed by atoms with Crippen molar-refractivity contribution >= 4 is 17.6 Å². The average Bonchev–Trinajstić information content (AvgIpc) is 2.64. The molecule has 0 radical (unpaired) electrons. The molecule has 2 unspecified atom stereocenters. The van der Waals surface area contributed by atoms with Crippen molar-refractivity contribution in [2.45, 2.75) is 25.4 Å². The zero-order chi connectivity index (χ0) is 18.7. The molecule has 3 atom stereocenters. The Balaban J connectivity index is 1.80. The van der Waals surface area contributed by atoms with Gasteiger partial charge in [0.25, 0.3) is 0 Å². The van der Waals surface area contributed by atoms with Gasteiger partial charge in [-0.15, -0.1) is 0 Å². The SMILES string of the molecule is CC(N[C@H]1CN(c2ncnc(N)c2F)CCC1C(=O)O)c1ccccc1. The van der Waals surface area contributed by atoms with Crippen LogP contribution in [0.4, 0.5) is 16.0 Å². The fourth-order valence-corrected chi connectivity index (χ4v) is 3.36. The molecular formula is C18H22FN5O2. The zero-order valence-corrected chi connectivity index (χ0v) is 14.5. The molecule has 1 aliphatic heterocycles. The second-order valence-corrected chi connectivity index (χ2v) is 6.48. The highest BCUT2D eigenvalue weighted by Crippen LogP contribution is 2.27. The largest absolute Gasteiger partial charge is 0.481 e. The maximum atomic E-state index is 14.3. The van der Waals surface area contributed by atoms with E-state index in [-0.39, 0.29) is 23.7 Å². The van der Waals surface area contributed by atoms with E-state index in [1.165, 1.54) is 6.33 Å². The maximum Gasteiger partial charge on any atom is 0.308 e. The molecule has 1 aromatic heterocycles. The van der Waals surface area contributed by atoms with Gasteiger partial charge in [0.2, 0.25) is 5.82 Å². The molecule has 1 saturated heterocycles. The Labute approximate surface area is 151 Å². The number of carbonyl (C=O) groups is 1. The Kier molecular flexibility index (Phi) is 5.32. The van der Waals surface area contributed by atoms with Crippen molar-refractivity contribution in [2.75, 3.05) is 23.7 Å². The van der Waals surface area contributed by atoms with Crippen LogP contribution < -0.4 is 16.0 Å². The predicted octanol–water partition coefficient (Wildman–Crippen LogP) is 1.83. The third kappa shape index (κ3) is 3.75. The molecule has 1 aromatic carbocycles. The number of hydrogen-bond donors (Lipinski definition) is 3. The summed E-state index contributed by atoms with van der Waals surface area (Å²) in [5, 5.41) is 13.0. The number of nitrogens with zero attached hydrogens (tertiary/aromatic N) is 3. The van der Waals surface area contributed by atoms with Crippen LogP contribution in [0.5, 0.6) is 0 Å². The van der Waals surface area contributed by atoms with Crippen molar-refractivity contribution in [3.05, 3.63) is 48.0 Å². The summed E-state index contributed by atoms with van der Waals surface area (Å²) in [6.07, 6.45) is 1.60. The van der Waals surface area contributed by atoms with Gasteiger partial charge in [-0.2, -0.15) is 4.39 Å². The third-order valence-electron chi connectivity index (χ3n) is 4.79. The standard InChI is InChI=1S/C18H22FN5O2/c1-11(12-5-3-2-4-6-12)23-14-9-24(8-7-13(14)18(25)26)17-15(19)16(20)21-10-22-17/h2-6,10-11,13-14,23H,7-9H2,1H3,(H,25,26)(H2,20,21,22)/t11?,13?,14-/m0/s1. The normalized spacial score (nSPS) is 21.4. The van der Waals surface area contributed by atoms with Gasteiger partial charge in [0.05, 0.1) is 5.92 Å². The van der Waals surface area contributed by atoms with Crippen LogP contribution in [0.2, 0.25) is 0 Å². The number of aromatic nitrogens is 2. The number of nitrogens with two attached hydrogens (primary N) is 1. The van der Waals surface area contributed by atoms with Crippen molar-refractivity contribution in [3.63, 3.8) is 0 Å². The van der Waals surface area contributed by atoms with E-state index in [4.69, 9.17) is 5.73 Å². The topological polar surface area (TPSA) is 104 Å². The van der Waals surface area contributed by atoms with Gasteiger partial charge in [0, 0.05) is 25.2 Å². The van der Waals surface area contributed by atoms with Crippen LogP contribution in [0, 0.1) is 11.7 Å². The number of anilines is 2. The highest BCUT2D eigenvalue weighted by molar-refractivity contribution is 5.71. The minimum absolute atomic E-state index is 0.0386. The van der Waals surface area contributed by atoms with Gasteiger partial charge in [0.1, 0.15) is 6.33 Å². The summed E-state index contributed by atoms with van der Waals surface area (Å²) >= 11 is 0. The lowest BCUT2D eigenvalue weighted by molar-refractivity contribution is -0.143. The molecule has 0 saturated carbocycles. The van der Waals surface area contributed by atoms with Crippen molar-refractivity contribution in [2.24, 2.45) is 5.92 Å². The fraction of sp³-hybridized carbons (Fsp3) is 0.389. The summed E-state index contributed by atoms with van der Waals surface area (Å²) in [5.41, 5.74) is 6.59. The first kappa shape index (κ1) is 18.1. The first-order valence-electron chi connectivity index (χ1n) is 8.52. The molecule has 138 valence electrons. The molecule has 2 aromatic rings. The van der Waals surface area contributed by atoms with Gasteiger partial charge in [-0.25, -0.2) is 9.97 Å². The molecule has 26 heavy (non-hydrogen) atoms. The highest BCUT2D eigenvalue weighted by Gasteiger charge is 2.36. The van der Waals surface area contributed by atoms with E-state index in [2.05, 4.69) is 15.3 Å². The van der Waals surface area contributed by atoms with Crippen molar-refractivity contribution in [1.82, 2.24) is 15.3 Å². The number of nitrogens with one attached hydrogen (secondary N) is 1. The third-order valence-corrected chi connectivity index (χ3v) is 4.79. The number of rotatable bonds is 5. The van der Waals surface area contributed by atoms with Crippen molar-refractivity contribution in [1.29, 1.82) is 0 Å². The van der Waals surface area contributed by atoms with Gasteiger partial charge < -0.3 is 21.1 Å². The molecule has 0 bridgehead atoms. The van der Waals surface area contributed by atoms with Crippen LogP contribution in [0.15, 0.2) is 36.7 Å². The van der Waals surface area contributed by atoms with E-state index in [9.17, 15) is 14.3 Å². The number of carboxylic acid groups (broad SMARTS) is 1. The maximum absolute atomic E-state index is 14.3. The lowest BCUT2D eigenvalue weighted by Gasteiger charge is -2.39. The van der Waals surface area contributed by atoms with Crippen LogP contribution in [-0.2, 0) is 4.79 Å². The summed E-state index contributed by atoms with van der Waals surface area (Å²) in [6.45, 7) is 2.69. The van der Waals surface area contributed by atoms with Crippen LogP contribution in [0.3, 0.4) is 0 Å². The van der Waals surface area contributed by atoms with Crippen LogP contribution >= 0.6 is 0 Å². The number of carboxylic acids is 1. The number of piperidine rings is 1. The van der Waals surface area contributed by atoms with E-state index in [0.29, 0.717) is 19.5 Å². The summed E-state index contributed by atoms with van der Waals surface area (Å²) in [7, 11) is 0. The molecule has 7 nitrogen and oxygen atoms in total. The Morgan fingerprint density at radius 1 is 1.38 bits per heavy atom. The van der Waals surface area contributed by atoms with E-state index in [1.54, 1.807) is 4.90 Å². The Bertz CT molecular complexity index is 773. The number of halogens is 1. The molecular weight excluding hydrogens is 337 g/mol. The molecule has 0 aliphatic carbocycles. The van der Waals surface area contributed by atoms with Crippen LogP contribution in [0.1, 0.15) is 24.9 Å². The minimum Gasteiger partial charge on any atom is -0.481 e. The molecule has 0 spiro atoms. The molecule has 8 heteroatoms. The fourth-order valence-electron chi connectivity index (χ4n) is 3.36. The number of hydrogen-bond acceptors (Lipinski definition) is 6. The quantitative estimate of drug-likeness (QED) is 0.748. The van der Waals surface area contributed by atoms with E-state index >= 15 is 0 Å². The number of benzene rings is 1. The second-order valence-electron chi connectivity index (χ2n) is 6.48. The highest BCUT2D eigenvalue weighted by atomic mass is 19.1. The molecule has 1 aliphatic rings. The number of aliphatic carboxylic acids is 1. The second kappa shape index (κ2) is 7.65. The molecule has 3 rings (SSSR count). The summed E-state index contributed by atoms with van der Waals surface area (Å²) in [6, 6.07) is 9.39. The van der Waals surface area contributed by atoms with Gasteiger partial charge in [-0.05, 0) is 18.9 Å². The van der Waals surface area contributed by atoms with Crippen molar-refractivity contribution < 1.29 is 14.3 Å². The van der Waals surface area contributed by atoms with Gasteiger partial charge >= 0.3 is 5.97 Å². The lowest BCUT2D eigenvalue weighted by atomic mass is 9.90. The molecule has 1 fully saturated rings. The summed E-state index contributed by atoms with van der Waals surface area (Å²) in [5.74, 6) is -2.18. The first-order valence-corrected chi connectivity index (χ1v) is 8.52. The number of nitrogen functional groups attached to an aromatic ring is 1. The Morgan fingerprint density at radius 2 is 2.12 bits per heavy atom. The lowest BCUT2D eigenvalue weighted by Crippen LogP contribution is -2.54. The molecule has 2 heterocycles. The Hall–Kier alpha value is -2.74. The molecule has 0 amide bonds. The average molecular weight is 359 g/mol. The van der Waals surface area contributed by atoms with E-state index in [0.717, 1.165) is 5.56 Å². The van der Waals surface area contributed by atoms with Crippen LogP contribution in [-0.4, -0.2) is 40.2 Å². The van der Waals surface area contributed by atoms with Gasteiger partial charge in [-0.3, -0.25) is 4.79 Å². The zero-order valence-electron chi connectivity index (χ0n) is 14.5. The minimum atomic E-state index is -0.856. The monoisotopic (exact) mass is 359 g/mol.